The fourth-order valence-corrected chi connectivity index (χ4v) is 4.75. The summed E-state index contributed by atoms with van der Waals surface area (Å²) in [6.07, 6.45) is 5.52. The zero-order valence-corrected chi connectivity index (χ0v) is 18.5. The highest BCUT2D eigenvalue weighted by Crippen LogP contribution is 2.24. The van der Waals surface area contributed by atoms with E-state index in [0.29, 0.717) is 28.5 Å². The third-order valence-electron chi connectivity index (χ3n) is 5.60. The molecule has 0 aliphatic heterocycles. The van der Waals surface area contributed by atoms with Crippen LogP contribution in [0.15, 0.2) is 34.2 Å². The van der Waals surface area contributed by atoms with E-state index in [-0.39, 0.29) is 23.3 Å². The lowest BCUT2D eigenvalue weighted by Gasteiger charge is -2.29. The molecule has 0 saturated heterocycles. The Bertz CT molecular complexity index is 896. The monoisotopic (exact) mass is 416 g/mol. The number of benzene rings is 1. The van der Waals surface area contributed by atoms with E-state index >= 15 is 0 Å². The van der Waals surface area contributed by atoms with Crippen LogP contribution >= 0.6 is 11.8 Å². The van der Waals surface area contributed by atoms with Gasteiger partial charge in [0.05, 0.1) is 16.7 Å². The van der Waals surface area contributed by atoms with Crippen molar-refractivity contribution in [2.75, 3.05) is 26.4 Å². The summed E-state index contributed by atoms with van der Waals surface area (Å²) >= 11 is 1.36. The molecule has 1 N–H and O–H groups in total. The van der Waals surface area contributed by atoms with E-state index in [1.54, 1.807) is 4.57 Å². The zero-order valence-electron chi connectivity index (χ0n) is 17.7. The van der Waals surface area contributed by atoms with Crippen molar-refractivity contribution in [1.82, 2.24) is 19.8 Å². The van der Waals surface area contributed by atoms with Gasteiger partial charge in [0.1, 0.15) is 0 Å². The highest BCUT2D eigenvalue weighted by Gasteiger charge is 2.23. The molecule has 3 rings (SSSR count). The van der Waals surface area contributed by atoms with Gasteiger partial charge in [-0.15, -0.1) is 0 Å². The molecule has 1 aliphatic rings. The number of thioether (sulfide) groups is 1. The van der Waals surface area contributed by atoms with Gasteiger partial charge in [-0.3, -0.25) is 14.2 Å². The first-order chi connectivity index (χ1) is 14.0. The molecule has 1 aromatic carbocycles. The average Bonchev–Trinajstić information content (AvgIpc) is 2.70. The van der Waals surface area contributed by atoms with Gasteiger partial charge >= 0.3 is 0 Å². The maximum Gasteiger partial charge on any atom is 0.262 e. The van der Waals surface area contributed by atoms with Crippen molar-refractivity contribution in [3.63, 3.8) is 0 Å². The van der Waals surface area contributed by atoms with Gasteiger partial charge in [0.15, 0.2) is 5.16 Å². The van der Waals surface area contributed by atoms with Crippen LogP contribution in [-0.4, -0.2) is 52.8 Å². The Hall–Kier alpha value is -1.86. The molecule has 1 aliphatic carbocycles. The first-order valence-electron chi connectivity index (χ1n) is 10.5. The highest BCUT2D eigenvalue weighted by molar-refractivity contribution is 7.99. The molecule has 1 amide bonds. The number of nitrogens with one attached hydrogen (secondary N) is 1. The minimum Gasteiger partial charge on any atom is -0.352 e. The number of aromatic nitrogens is 2. The summed E-state index contributed by atoms with van der Waals surface area (Å²) < 4.78 is 1.73. The molecule has 1 heterocycles. The summed E-state index contributed by atoms with van der Waals surface area (Å²) in [6.45, 7) is 3.70. The number of amides is 1. The summed E-state index contributed by atoms with van der Waals surface area (Å²) in [5, 5.41) is 4.44. The minimum atomic E-state index is -0.0295. The van der Waals surface area contributed by atoms with Gasteiger partial charge in [-0.25, -0.2) is 4.98 Å². The summed E-state index contributed by atoms with van der Waals surface area (Å²) in [5.41, 5.74) is 0.656. The van der Waals surface area contributed by atoms with E-state index < -0.39 is 0 Å². The van der Waals surface area contributed by atoms with Crippen LogP contribution in [0.3, 0.4) is 0 Å². The normalized spacial score (nSPS) is 19.6. The summed E-state index contributed by atoms with van der Waals surface area (Å²) in [4.78, 5) is 32.4. The Morgan fingerprint density at radius 2 is 2.03 bits per heavy atom. The quantitative estimate of drug-likeness (QED) is 0.529. The lowest BCUT2D eigenvalue weighted by atomic mass is 9.86. The lowest BCUT2D eigenvalue weighted by molar-refractivity contribution is -0.119. The molecule has 1 fully saturated rings. The molecule has 0 unspecified atom stereocenters. The molecule has 1 aromatic heterocycles. The maximum absolute atomic E-state index is 13.0. The molecule has 2 aromatic rings. The Balaban J connectivity index is 1.74. The second kappa shape index (κ2) is 10.3. The fourth-order valence-electron chi connectivity index (χ4n) is 3.91. The van der Waals surface area contributed by atoms with E-state index in [2.05, 4.69) is 17.1 Å². The number of carbonyl (C=O) groups excluding carboxylic acids is 1. The molecule has 6 nitrogen and oxygen atoms in total. The van der Waals surface area contributed by atoms with Crippen molar-refractivity contribution < 1.29 is 4.79 Å². The molecule has 0 radical (unpaired) electrons. The van der Waals surface area contributed by atoms with Gasteiger partial charge in [-0.1, -0.05) is 43.7 Å². The Kier molecular flexibility index (Phi) is 7.72. The summed E-state index contributed by atoms with van der Waals surface area (Å²) in [7, 11) is 4.04. The SMILES string of the molecule is C[C@@H]1CCCC[C@@H]1NC(=O)CSc1nc2ccccc2c(=O)n1CCCN(C)C. The Labute approximate surface area is 177 Å². The number of rotatable bonds is 8. The number of para-hydroxylation sites is 1. The van der Waals surface area contributed by atoms with Crippen LogP contribution < -0.4 is 10.9 Å². The molecule has 158 valence electrons. The van der Waals surface area contributed by atoms with Gasteiger partial charge in [-0.2, -0.15) is 0 Å². The van der Waals surface area contributed by atoms with Crippen LogP contribution in [0.2, 0.25) is 0 Å². The molecule has 0 spiro atoms. The van der Waals surface area contributed by atoms with E-state index in [4.69, 9.17) is 4.98 Å². The lowest BCUT2D eigenvalue weighted by Crippen LogP contribution is -2.42. The summed E-state index contributed by atoms with van der Waals surface area (Å²) in [5.74, 6) is 0.832. The van der Waals surface area contributed by atoms with Crippen molar-refractivity contribution in [1.29, 1.82) is 0 Å². The Morgan fingerprint density at radius 3 is 2.79 bits per heavy atom. The summed E-state index contributed by atoms with van der Waals surface area (Å²) in [6, 6.07) is 7.69. The van der Waals surface area contributed by atoms with Gasteiger partial charge < -0.3 is 10.2 Å². The van der Waals surface area contributed by atoms with E-state index in [1.165, 1.54) is 31.0 Å². The number of carbonyl (C=O) groups is 1. The molecule has 2 atom stereocenters. The third-order valence-corrected chi connectivity index (χ3v) is 6.58. The molecule has 1 saturated carbocycles. The van der Waals surface area contributed by atoms with Crippen molar-refractivity contribution in [2.45, 2.75) is 56.8 Å². The number of hydrogen-bond acceptors (Lipinski definition) is 5. The zero-order chi connectivity index (χ0) is 20.8. The predicted molar refractivity (Wildman–Crippen MR) is 119 cm³/mol. The number of nitrogens with zero attached hydrogens (tertiary/aromatic N) is 3. The maximum atomic E-state index is 13.0. The first-order valence-corrected chi connectivity index (χ1v) is 11.5. The Morgan fingerprint density at radius 1 is 1.28 bits per heavy atom. The second-order valence-corrected chi connectivity index (χ2v) is 9.19. The number of fused-ring (bicyclic) bond motifs is 1. The first kappa shape index (κ1) is 21.8. The van der Waals surface area contributed by atoms with Crippen LogP contribution in [0.25, 0.3) is 10.9 Å². The molecular weight excluding hydrogens is 384 g/mol. The van der Waals surface area contributed by atoms with Crippen LogP contribution in [0, 0.1) is 5.92 Å². The van der Waals surface area contributed by atoms with Crippen LogP contribution in [0.1, 0.15) is 39.0 Å². The fraction of sp³-hybridized carbons (Fsp3) is 0.591. The second-order valence-electron chi connectivity index (χ2n) is 8.25. The molecule has 29 heavy (non-hydrogen) atoms. The predicted octanol–water partition coefficient (Wildman–Crippen LogP) is 3.14. The van der Waals surface area contributed by atoms with Crippen molar-refractivity contribution in [2.24, 2.45) is 5.92 Å². The van der Waals surface area contributed by atoms with Crippen LogP contribution in [0.5, 0.6) is 0 Å². The third kappa shape index (κ3) is 5.82. The van der Waals surface area contributed by atoms with E-state index in [9.17, 15) is 9.59 Å². The molecule has 0 bridgehead atoms. The van der Waals surface area contributed by atoms with Crippen molar-refractivity contribution in [3.05, 3.63) is 34.6 Å². The average molecular weight is 417 g/mol. The van der Waals surface area contributed by atoms with E-state index in [0.717, 1.165) is 19.4 Å². The largest absolute Gasteiger partial charge is 0.352 e. The standard InChI is InChI=1S/C22H32N4O2S/c1-16-9-4-6-11-18(16)23-20(27)15-29-22-24-19-12-7-5-10-17(19)21(28)26(22)14-8-13-25(2)3/h5,7,10,12,16,18H,4,6,8-9,11,13-15H2,1-3H3,(H,23,27)/t16-,18+/m1/s1. The smallest absolute Gasteiger partial charge is 0.262 e. The number of hydrogen-bond donors (Lipinski definition) is 1. The van der Waals surface area contributed by atoms with Crippen molar-refractivity contribution in [3.8, 4) is 0 Å². The van der Waals surface area contributed by atoms with Gasteiger partial charge in [0.2, 0.25) is 5.91 Å². The van der Waals surface area contributed by atoms with Crippen LogP contribution in [0.4, 0.5) is 0 Å². The highest BCUT2D eigenvalue weighted by atomic mass is 32.2. The van der Waals surface area contributed by atoms with E-state index in [1.807, 2.05) is 38.4 Å². The van der Waals surface area contributed by atoms with Crippen LogP contribution in [-0.2, 0) is 11.3 Å². The van der Waals surface area contributed by atoms with Gasteiger partial charge in [-0.05, 0) is 58.0 Å². The minimum absolute atomic E-state index is 0.0241. The van der Waals surface area contributed by atoms with Gasteiger partial charge in [0.25, 0.3) is 5.56 Å². The molecule has 7 heteroatoms. The molecular formula is C22H32N4O2S. The topological polar surface area (TPSA) is 67.2 Å². The van der Waals surface area contributed by atoms with Gasteiger partial charge in [0, 0.05) is 12.6 Å². The van der Waals surface area contributed by atoms with Crippen molar-refractivity contribution >= 4 is 28.6 Å².